The molecule has 1 aromatic carbocycles. The van der Waals surface area contributed by atoms with Crippen LogP contribution < -0.4 is 15.0 Å². The maximum Gasteiger partial charge on any atom is 0.143 e. The van der Waals surface area contributed by atoms with Gasteiger partial charge in [-0.15, -0.1) is 0 Å². The monoisotopic (exact) mass is 237 g/mol. The van der Waals surface area contributed by atoms with Gasteiger partial charge in [0.05, 0.1) is 14.2 Å². The van der Waals surface area contributed by atoms with Crippen LogP contribution in [0.3, 0.4) is 0 Å². The van der Waals surface area contributed by atoms with Gasteiger partial charge in [0.1, 0.15) is 27.2 Å². The van der Waals surface area contributed by atoms with Gasteiger partial charge in [-0.25, -0.2) is 0 Å². The van der Waals surface area contributed by atoms with Crippen LogP contribution in [0.5, 0.6) is 11.5 Å². The summed E-state index contributed by atoms with van der Waals surface area (Å²) in [6.45, 7) is 0. The Balaban J connectivity index is 3.39. The molecule has 14 heavy (non-hydrogen) atoms. The maximum atomic E-state index is 8.81. The Hall–Kier alpha value is -0.840. The first-order chi connectivity index (χ1) is 6.65. The van der Waals surface area contributed by atoms with Crippen molar-refractivity contribution in [2.24, 2.45) is 0 Å². The van der Waals surface area contributed by atoms with Crippen LogP contribution in [0.15, 0.2) is 6.07 Å². The first-order valence-corrected chi connectivity index (χ1v) is 4.41. The fourth-order valence-corrected chi connectivity index (χ4v) is 1.57. The highest BCUT2D eigenvalue weighted by molar-refractivity contribution is 6.40. The van der Waals surface area contributed by atoms with Gasteiger partial charge in [-0.1, -0.05) is 23.2 Å². The van der Waals surface area contributed by atoms with Gasteiger partial charge >= 0.3 is 0 Å². The molecule has 0 unspecified atom stereocenters. The molecule has 4 nitrogen and oxygen atoms in total. The lowest BCUT2D eigenvalue weighted by Crippen LogP contribution is -1.97. The maximum absolute atomic E-state index is 8.81. The number of anilines is 1. The molecule has 0 aromatic heterocycles. The second kappa shape index (κ2) is 4.59. The average molecular weight is 238 g/mol. The zero-order valence-electron chi connectivity index (χ0n) is 7.60. The first-order valence-electron chi connectivity index (χ1n) is 3.65. The van der Waals surface area contributed by atoms with E-state index in [0.29, 0.717) is 11.5 Å². The lowest BCUT2D eigenvalue weighted by molar-refractivity contribution is 0.379. The van der Waals surface area contributed by atoms with E-state index in [9.17, 15) is 0 Å². The molecule has 0 aliphatic heterocycles. The molecule has 2 N–H and O–H groups in total. The predicted octanol–water partition coefficient (Wildman–Crippen LogP) is 2.81. The van der Waals surface area contributed by atoms with Gasteiger partial charge in [-0.2, -0.15) is 0 Å². The number of hydrogen-bond acceptors (Lipinski definition) is 4. The van der Waals surface area contributed by atoms with Gasteiger partial charge in [0.2, 0.25) is 0 Å². The normalized spacial score (nSPS) is 9.79. The van der Waals surface area contributed by atoms with Crippen molar-refractivity contribution in [2.75, 3.05) is 19.7 Å². The molecule has 0 saturated heterocycles. The number of hydrogen-bond donors (Lipinski definition) is 2. The number of rotatable bonds is 3. The quantitative estimate of drug-likeness (QED) is 0.795. The van der Waals surface area contributed by atoms with Crippen LogP contribution in [0.1, 0.15) is 0 Å². The van der Waals surface area contributed by atoms with Crippen molar-refractivity contribution >= 4 is 28.9 Å². The molecular formula is C8H9Cl2NO3. The van der Waals surface area contributed by atoms with Crippen molar-refractivity contribution in [3.05, 3.63) is 16.1 Å². The van der Waals surface area contributed by atoms with Crippen LogP contribution in [0.2, 0.25) is 10.0 Å². The summed E-state index contributed by atoms with van der Waals surface area (Å²) < 4.78 is 9.93. The van der Waals surface area contributed by atoms with E-state index in [1.165, 1.54) is 20.3 Å². The van der Waals surface area contributed by atoms with Crippen LogP contribution in [0, 0.1) is 0 Å². The third-order valence-electron chi connectivity index (χ3n) is 1.69. The van der Waals surface area contributed by atoms with Crippen LogP contribution in [0.25, 0.3) is 0 Å². The van der Waals surface area contributed by atoms with E-state index in [2.05, 4.69) is 0 Å². The molecule has 0 aliphatic carbocycles. The molecule has 0 radical (unpaired) electrons. The molecule has 1 rings (SSSR count). The fraction of sp³-hybridized carbons (Fsp3) is 0.250. The Bertz CT molecular complexity index is 316. The summed E-state index contributed by atoms with van der Waals surface area (Å²) in [7, 11) is 2.91. The highest BCUT2D eigenvalue weighted by Gasteiger charge is 2.16. The average Bonchev–Trinajstić information content (AvgIpc) is 2.19. The third-order valence-corrected chi connectivity index (χ3v) is 2.44. The summed E-state index contributed by atoms with van der Waals surface area (Å²) in [4.78, 5) is 0. The highest BCUT2D eigenvalue weighted by Crippen LogP contribution is 2.43. The minimum Gasteiger partial charge on any atom is -0.495 e. The number of nitrogens with one attached hydrogen (secondary N) is 1. The van der Waals surface area contributed by atoms with Gasteiger partial charge in [0.15, 0.2) is 0 Å². The van der Waals surface area contributed by atoms with Crippen molar-refractivity contribution in [1.82, 2.24) is 0 Å². The van der Waals surface area contributed by atoms with Crippen LogP contribution in [-0.4, -0.2) is 19.4 Å². The number of halogens is 2. The summed E-state index contributed by atoms with van der Waals surface area (Å²) in [5.41, 5.74) is 2.05. The molecule has 0 amide bonds. The minimum atomic E-state index is 0.157. The lowest BCUT2D eigenvalue weighted by Gasteiger charge is -2.12. The number of benzene rings is 1. The van der Waals surface area contributed by atoms with Crippen molar-refractivity contribution in [3.63, 3.8) is 0 Å². The Morgan fingerprint density at radius 2 is 1.57 bits per heavy atom. The summed E-state index contributed by atoms with van der Waals surface area (Å²) in [5.74, 6) is 0.730. The Labute approximate surface area is 91.3 Å². The second-order valence-electron chi connectivity index (χ2n) is 2.40. The van der Waals surface area contributed by atoms with E-state index in [4.69, 9.17) is 37.9 Å². The Morgan fingerprint density at radius 3 is 1.86 bits per heavy atom. The minimum absolute atomic E-state index is 0.157. The van der Waals surface area contributed by atoms with E-state index in [1.54, 1.807) is 0 Å². The number of methoxy groups -OCH3 is 2. The second-order valence-corrected chi connectivity index (χ2v) is 3.15. The molecule has 0 heterocycles. The van der Waals surface area contributed by atoms with Crippen LogP contribution >= 0.6 is 23.2 Å². The van der Waals surface area contributed by atoms with Crippen molar-refractivity contribution in [3.8, 4) is 11.5 Å². The molecule has 6 heteroatoms. The van der Waals surface area contributed by atoms with Gasteiger partial charge in [0.25, 0.3) is 0 Å². The first kappa shape index (κ1) is 11.2. The number of ether oxygens (including phenoxy) is 2. The zero-order chi connectivity index (χ0) is 10.7. The van der Waals surface area contributed by atoms with Crippen molar-refractivity contribution < 1.29 is 14.7 Å². The third kappa shape index (κ3) is 1.82. The molecule has 1 aromatic rings. The molecule has 0 spiro atoms. The predicted molar refractivity (Wildman–Crippen MR) is 55.0 cm³/mol. The van der Waals surface area contributed by atoms with Crippen LogP contribution in [-0.2, 0) is 0 Å². The molecule has 0 atom stereocenters. The molecule has 78 valence electrons. The fourth-order valence-electron chi connectivity index (χ4n) is 0.984. The van der Waals surface area contributed by atoms with Crippen LogP contribution in [0.4, 0.5) is 5.69 Å². The van der Waals surface area contributed by atoms with Crippen molar-refractivity contribution in [1.29, 1.82) is 0 Å². The summed E-state index contributed by atoms with van der Waals surface area (Å²) in [6, 6.07) is 1.53. The molecular weight excluding hydrogens is 229 g/mol. The molecule has 0 bridgehead atoms. The van der Waals surface area contributed by atoms with E-state index >= 15 is 0 Å². The molecule has 0 aliphatic rings. The van der Waals surface area contributed by atoms with Crippen molar-refractivity contribution in [2.45, 2.75) is 0 Å². The van der Waals surface area contributed by atoms with E-state index in [0.717, 1.165) is 0 Å². The van der Waals surface area contributed by atoms with Gasteiger partial charge in [0, 0.05) is 6.07 Å². The van der Waals surface area contributed by atoms with Gasteiger partial charge in [-0.3, -0.25) is 10.7 Å². The highest BCUT2D eigenvalue weighted by atomic mass is 35.5. The SMILES string of the molecule is COc1cc(OC)c(Cl)c(NO)c1Cl. The van der Waals surface area contributed by atoms with E-state index < -0.39 is 0 Å². The smallest absolute Gasteiger partial charge is 0.143 e. The Morgan fingerprint density at radius 1 is 1.14 bits per heavy atom. The topological polar surface area (TPSA) is 50.7 Å². The largest absolute Gasteiger partial charge is 0.495 e. The molecule has 0 saturated carbocycles. The van der Waals surface area contributed by atoms with E-state index in [-0.39, 0.29) is 15.7 Å². The van der Waals surface area contributed by atoms with E-state index in [1.807, 2.05) is 5.48 Å². The standard InChI is InChI=1S/C8H9Cl2NO3/c1-13-4-3-5(14-2)7(10)8(11-12)6(4)9/h3,11-12H,1-2H3. The lowest BCUT2D eigenvalue weighted by atomic mass is 10.3. The Kier molecular flexibility index (Phi) is 3.69. The summed E-state index contributed by atoms with van der Waals surface area (Å²) >= 11 is 11.7. The summed E-state index contributed by atoms with van der Waals surface area (Å²) in [6.07, 6.45) is 0. The van der Waals surface area contributed by atoms with Gasteiger partial charge < -0.3 is 9.47 Å². The zero-order valence-corrected chi connectivity index (χ0v) is 9.11. The molecule has 0 fully saturated rings. The van der Waals surface area contributed by atoms with Gasteiger partial charge in [-0.05, 0) is 0 Å². The summed E-state index contributed by atoms with van der Waals surface area (Å²) in [5, 5.41) is 9.20.